The lowest BCUT2D eigenvalue weighted by Crippen LogP contribution is -2.32. The Morgan fingerprint density at radius 3 is 2.70 bits per heavy atom. The molecule has 1 aliphatic rings. The molecule has 0 spiro atoms. The topological polar surface area (TPSA) is 45.6 Å². The first-order valence-electron chi connectivity index (χ1n) is 10.1. The van der Waals surface area contributed by atoms with Crippen molar-refractivity contribution >= 4 is 40.1 Å². The normalized spacial score (nSPS) is 15.1. The smallest absolute Gasteiger partial charge is 0.209 e. The molecule has 0 bridgehead atoms. The third-order valence-corrected chi connectivity index (χ3v) is 6.46. The number of nitrogens with zero attached hydrogens (tertiary/aromatic N) is 4. The second-order valence-corrected chi connectivity index (χ2v) is 9.09. The predicted octanol–water partition coefficient (Wildman–Crippen LogP) is 4.90. The molecule has 8 heteroatoms. The molecule has 0 amide bonds. The Balaban J connectivity index is 1.37. The summed E-state index contributed by atoms with van der Waals surface area (Å²) in [7, 11) is 1.70. The molecular weight excluding hydrogens is 414 g/mol. The van der Waals surface area contributed by atoms with Gasteiger partial charge in [0.25, 0.3) is 0 Å². The van der Waals surface area contributed by atoms with Gasteiger partial charge < -0.3 is 15.0 Å². The summed E-state index contributed by atoms with van der Waals surface area (Å²) in [6, 6.07) is 16.6. The van der Waals surface area contributed by atoms with Crippen molar-refractivity contribution in [3.63, 3.8) is 0 Å². The van der Waals surface area contributed by atoms with Crippen LogP contribution >= 0.6 is 23.6 Å². The van der Waals surface area contributed by atoms with Crippen LogP contribution in [0.15, 0.2) is 48.5 Å². The molecular formula is C22H27N5OS2. The van der Waals surface area contributed by atoms with Crippen molar-refractivity contribution < 1.29 is 4.74 Å². The number of methoxy groups -OCH3 is 1. The van der Waals surface area contributed by atoms with Gasteiger partial charge in [-0.05, 0) is 67.5 Å². The number of ether oxygens (including phenoxy) is 1. The number of anilines is 3. The average molecular weight is 442 g/mol. The van der Waals surface area contributed by atoms with Crippen LogP contribution in [0, 0.1) is 10.9 Å². The Kier molecular flexibility index (Phi) is 6.66. The maximum Gasteiger partial charge on any atom is 0.209 e. The van der Waals surface area contributed by atoms with Crippen LogP contribution in [0.5, 0.6) is 5.75 Å². The summed E-state index contributed by atoms with van der Waals surface area (Å²) in [5.74, 6) is 0.892. The Morgan fingerprint density at radius 1 is 1.10 bits per heavy atom. The van der Waals surface area contributed by atoms with Gasteiger partial charge in [0.1, 0.15) is 5.75 Å². The second-order valence-electron chi connectivity index (χ2n) is 7.47. The molecule has 1 fully saturated rings. The maximum absolute atomic E-state index is 5.57. The fraction of sp³-hybridized carbons (Fsp3) is 0.364. The quantitative estimate of drug-likeness (QED) is 0.549. The SMILES string of the molecule is COc1ccc(N2CCCN(Cn3nc(Nc4cccc(C)c4)sc3=S)CC2)cc1. The van der Waals surface area contributed by atoms with Crippen LogP contribution in [-0.4, -0.2) is 48.0 Å². The summed E-state index contributed by atoms with van der Waals surface area (Å²) in [5.41, 5.74) is 3.50. The van der Waals surface area contributed by atoms with E-state index in [2.05, 4.69) is 46.3 Å². The van der Waals surface area contributed by atoms with E-state index < -0.39 is 0 Å². The highest BCUT2D eigenvalue weighted by Gasteiger charge is 2.17. The van der Waals surface area contributed by atoms with E-state index in [-0.39, 0.29) is 0 Å². The third kappa shape index (κ3) is 5.19. The minimum absolute atomic E-state index is 0.723. The molecule has 1 aromatic heterocycles. The summed E-state index contributed by atoms with van der Waals surface area (Å²) in [4.78, 5) is 4.86. The van der Waals surface area contributed by atoms with Gasteiger partial charge in [0.05, 0.1) is 13.8 Å². The first-order valence-corrected chi connectivity index (χ1v) is 11.4. The molecule has 30 heavy (non-hydrogen) atoms. The summed E-state index contributed by atoms with van der Waals surface area (Å²) >= 11 is 7.09. The average Bonchev–Trinajstić information content (AvgIpc) is 2.93. The highest BCUT2D eigenvalue weighted by atomic mass is 32.1. The lowest BCUT2D eigenvalue weighted by atomic mass is 10.2. The number of aromatic nitrogens is 2. The molecule has 0 unspecified atom stereocenters. The summed E-state index contributed by atoms with van der Waals surface area (Å²) in [5, 5.41) is 8.92. The molecule has 6 nitrogen and oxygen atoms in total. The standard InChI is InChI=1S/C22H27N5OS2/c1-17-5-3-6-18(15-17)23-21-24-27(22(29)30-21)16-25-11-4-12-26(14-13-25)19-7-9-20(28-2)10-8-19/h3,5-10,15H,4,11-14,16H2,1-2H3,(H,23,24). The number of nitrogens with one attached hydrogen (secondary N) is 1. The van der Waals surface area contributed by atoms with Crippen LogP contribution in [0.25, 0.3) is 0 Å². The highest BCUT2D eigenvalue weighted by molar-refractivity contribution is 7.73. The zero-order valence-electron chi connectivity index (χ0n) is 17.4. The first-order chi connectivity index (χ1) is 14.6. The van der Waals surface area contributed by atoms with Gasteiger partial charge in [-0.25, -0.2) is 4.68 Å². The largest absolute Gasteiger partial charge is 0.497 e. The fourth-order valence-corrected chi connectivity index (χ4v) is 4.66. The number of hydrogen-bond acceptors (Lipinski definition) is 7. The highest BCUT2D eigenvalue weighted by Crippen LogP contribution is 2.23. The van der Waals surface area contributed by atoms with Crippen molar-refractivity contribution in [1.29, 1.82) is 0 Å². The maximum atomic E-state index is 5.57. The van der Waals surface area contributed by atoms with Gasteiger partial charge in [0, 0.05) is 37.6 Å². The monoisotopic (exact) mass is 441 g/mol. The molecule has 4 rings (SSSR count). The number of rotatable bonds is 6. The number of benzene rings is 2. The van der Waals surface area contributed by atoms with Crippen molar-refractivity contribution in [1.82, 2.24) is 14.7 Å². The van der Waals surface area contributed by atoms with Gasteiger partial charge in [-0.15, -0.1) is 5.10 Å². The summed E-state index contributed by atoms with van der Waals surface area (Å²) in [6.45, 7) is 6.85. The van der Waals surface area contributed by atoms with E-state index in [1.54, 1.807) is 7.11 Å². The predicted molar refractivity (Wildman–Crippen MR) is 127 cm³/mol. The van der Waals surface area contributed by atoms with Crippen LogP contribution in [-0.2, 0) is 6.67 Å². The van der Waals surface area contributed by atoms with E-state index >= 15 is 0 Å². The van der Waals surface area contributed by atoms with E-state index in [9.17, 15) is 0 Å². The zero-order valence-corrected chi connectivity index (χ0v) is 19.0. The van der Waals surface area contributed by atoms with Gasteiger partial charge in [-0.1, -0.05) is 23.5 Å². The Hall–Kier alpha value is -2.42. The van der Waals surface area contributed by atoms with E-state index in [4.69, 9.17) is 22.1 Å². The number of aryl methyl sites for hydroxylation is 1. The van der Waals surface area contributed by atoms with Gasteiger partial charge in [-0.3, -0.25) is 4.90 Å². The minimum atomic E-state index is 0.723. The molecule has 1 aliphatic heterocycles. The summed E-state index contributed by atoms with van der Waals surface area (Å²) < 4.78 is 8.00. The van der Waals surface area contributed by atoms with Crippen LogP contribution in [0.2, 0.25) is 0 Å². The van der Waals surface area contributed by atoms with Crippen LogP contribution in [0.1, 0.15) is 12.0 Å². The molecule has 2 heterocycles. The van der Waals surface area contributed by atoms with Crippen molar-refractivity contribution in [2.75, 3.05) is 43.5 Å². The van der Waals surface area contributed by atoms with Gasteiger partial charge in [0.2, 0.25) is 5.13 Å². The first kappa shape index (κ1) is 20.8. The van der Waals surface area contributed by atoms with E-state index in [1.807, 2.05) is 28.9 Å². The van der Waals surface area contributed by atoms with Gasteiger partial charge in [-0.2, -0.15) is 0 Å². The molecule has 0 atom stereocenters. The lowest BCUT2D eigenvalue weighted by Gasteiger charge is -2.23. The summed E-state index contributed by atoms with van der Waals surface area (Å²) in [6.07, 6.45) is 1.11. The number of hydrogen-bond donors (Lipinski definition) is 1. The van der Waals surface area contributed by atoms with Gasteiger partial charge in [0.15, 0.2) is 3.95 Å². The van der Waals surface area contributed by atoms with E-state index in [0.29, 0.717) is 0 Å². The lowest BCUT2D eigenvalue weighted by molar-refractivity contribution is 0.221. The van der Waals surface area contributed by atoms with Crippen LogP contribution < -0.4 is 15.0 Å². The Labute approximate surface area is 186 Å². The van der Waals surface area contributed by atoms with E-state index in [0.717, 1.165) is 59.8 Å². The molecule has 0 aliphatic carbocycles. The molecule has 2 aromatic carbocycles. The van der Waals surface area contributed by atoms with E-state index in [1.165, 1.54) is 22.6 Å². The molecule has 1 saturated heterocycles. The Morgan fingerprint density at radius 2 is 1.93 bits per heavy atom. The third-order valence-electron chi connectivity index (χ3n) is 5.24. The second kappa shape index (κ2) is 9.59. The van der Waals surface area contributed by atoms with Crippen molar-refractivity contribution in [2.24, 2.45) is 0 Å². The minimum Gasteiger partial charge on any atom is -0.497 e. The molecule has 0 saturated carbocycles. The van der Waals surface area contributed by atoms with Crippen LogP contribution in [0.3, 0.4) is 0 Å². The van der Waals surface area contributed by atoms with Crippen molar-refractivity contribution in [2.45, 2.75) is 20.0 Å². The molecule has 3 aromatic rings. The van der Waals surface area contributed by atoms with Crippen molar-refractivity contribution in [3.8, 4) is 5.75 Å². The Bertz CT molecular complexity index is 1030. The van der Waals surface area contributed by atoms with Crippen molar-refractivity contribution in [3.05, 3.63) is 58.0 Å². The van der Waals surface area contributed by atoms with Gasteiger partial charge >= 0.3 is 0 Å². The molecule has 158 valence electrons. The zero-order chi connectivity index (χ0) is 20.9. The van der Waals surface area contributed by atoms with Crippen LogP contribution in [0.4, 0.5) is 16.5 Å². The molecule has 0 radical (unpaired) electrons. The molecule has 1 N–H and O–H groups in total. The fourth-order valence-electron chi connectivity index (χ4n) is 3.65.